The van der Waals surface area contributed by atoms with Crippen molar-refractivity contribution in [3.63, 3.8) is 0 Å². The van der Waals surface area contributed by atoms with E-state index in [2.05, 4.69) is 40.7 Å². The zero-order valence-corrected chi connectivity index (χ0v) is 11.8. The summed E-state index contributed by atoms with van der Waals surface area (Å²) in [5, 5.41) is 11.3. The molecule has 1 aromatic heterocycles. The first-order valence-electron chi connectivity index (χ1n) is 7.52. The second-order valence-electron chi connectivity index (χ2n) is 6.46. The lowest BCUT2D eigenvalue weighted by Gasteiger charge is -2.40. The summed E-state index contributed by atoms with van der Waals surface area (Å²) in [6.07, 6.45) is 7.76. The highest BCUT2D eigenvalue weighted by Crippen LogP contribution is 2.49. The zero-order chi connectivity index (χ0) is 13.7. The molecule has 2 heterocycles. The molecule has 2 aliphatic rings. The lowest BCUT2D eigenvalue weighted by atomic mass is 9.74. The first-order chi connectivity index (χ1) is 9.69. The first-order valence-corrected chi connectivity index (χ1v) is 7.52. The molecule has 4 rings (SSSR count). The van der Waals surface area contributed by atoms with Crippen LogP contribution in [0.5, 0.6) is 0 Å². The Morgan fingerprint density at radius 2 is 2.00 bits per heavy atom. The molecule has 0 amide bonds. The zero-order valence-electron chi connectivity index (χ0n) is 11.8. The van der Waals surface area contributed by atoms with Crippen molar-refractivity contribution in [2.24, 2.45) is 5.92 Å². The van der Waals surface area contributed by atoms with Gasteiger partial charge in [-0.2, -0.15) is 0 Å². The van der Waals surface area contributed by atoms with Crippen LogP contribution < -0.4 is 0 Å². The number of nitrogens with zero attached hydrogens (tertiary/aromatic N) is 2. The Morgan fingerprint density at radius 1 is 1.25 bits per heavy atom. The van der Waals surface area contributed by atoms with Crippen molar-refractivity contribution in [1.82, 2.24) is 9.55 Å². The molecular weight excluding hydrogens is 248 g/mol. The van der Waals surface area contributed by atoms with Crippen molar-refractivity contribution >= 4 is 0 Å². The van der Waals surface area contributed by atoms with Gasteiger partial charge in [-0.1, -0.05) is 31.2 Å². The molecule has 1 saturated carbocycles. The maximum atomic E-state index is 11.3. The molecule has 1 atom stereocenters. The molecule has 1 fully saturated rings. The van der Waals surface area contributed by atoms with E-state index in [1.54, 1.807) is 0 Å². The van der Waals surface area contributed by atoms with E-state index in [1.807, 2.05) is 12.5 Å². The molecule has 0 unspecified atom stereocenters. The van der Waals surface area contributed by atoms with Gasteiger partial charge in [-0.25, -0.2) is 4.98 Å². The normalized spacial score (nSPS) is 31.9. The molecule has 0 spiro atoms. The van der Waals surface area contributed by atoms with E-state index >= 15 is 0 Å². The minimum absolute atomic E-state index is 0.0312. The first kappa shape index (κ1) is 12.2. The van der Waals surface area contributed by atoms with E-state index in [1.165, 1.54) is 11.1 Å². The van der Waals surface area contributed by atoms with Gasteiger partial charge in [0, 0.05) is 5.56 Å². The summed E-state index contributed by atoms with van der Waals surface area (Å²) in [6, 6.07) is 8.45. The molecule has 0 radical (unpaired) electrons. The summed E-state index contributed by atoms with van der Waals surface area (Å²) < 4.78 is 2.17. The largest absolute Gasteiger partial charge is 0.387 e. The minimum Gasteiger partial charge on any atom is -0.387 e. The van der Waals surface area contributed by atoms with Gasteiger partial charge in [0.25, 0.3) is 0 Å². The average molecular weight is 268 g/mol. The van der Waals surface area contributed by atoms with Crippen molar-refractivity contribution in [3.8, 4) is 11.3 Å². The number of aliphatic hydroxyl groups is 1. The van der Waals surface area contributed by atoms with Gasteiger partial charge in [-0.3, -0.25) is 0 Å². The fourth-order valence-electron chi connectivity index (χ4n) is 3.92. The summed E-state index contributed by atoms with van der Waals surface area (Å²) in [6.45, 7) is 2.28. The van der Waals surface area contributed by atoms with E-state index in [0.717, 1.165) is 37.3 Å². The van der Waals surface area contributed by atoms with Crippen LogP contribution in [0.1, 0.15) is 44.2 Å². The molecular formula is C17H20N2O. The lowest BCUT2D eigenvalue weighted by molar-refractivity contribution is -0.0376. The van der Waals surface area contributed by atoms with E-state index in [9.17, 15) is 5.11 Å². The molecule has 1 aliphatic carbocycles. The Bertz CT molecular complexity index is 638. The highest BCUT2D eigenvalue weighted by Gasteiger charge is 2.45. The molecule has 0 bridgehead atoms. The van der Waals surface area contributed by atoms with Crippen LogP contribution in [-0.2, 0) is 0 Å². The van der Waals surface area contributed by atoms with Crippen LogP contribution in [-0.4, -0.2) is 20.3 Å². The predicted octanol–water partition coefficient (Wildman–Crippen LogP) is 3.39. The Balaban J connectivity index is 1.83. The van der Waals surface area contributed by atoms with Gasteiger partial charge in [-0.05, 0) is 37.2 Å². The van der Waals surface area contributed by atoms with Gasteiger partial charge in [0.05, 0.1) is 29.9 Å². The Labute approximate surface area is 119 Å². The Kier molecular flexibility index (Phi) is 2.55. The summed E-state index contributed by atoms with van der Waals surface area (Å²) >= 11 is 0. The number of fused-ring (bicyclic) bond motifs is 3. The van der Waals surface area contributed by atoms with Gasteiger partial charge in [0.15, 0.2) is 0 Å². The van der Waals surface area contributed by atoms with Gasteiger partial charge < -0.3 is 9.67 Å². The SMILES string of the molecule is CC1CCC(O)([C@@H]2c3ccccc3-c3cncn32)CC1. The fourth-order valence-corrected chi connectivity index (χ4v) is 3.92. The second kappa shape index (κ2) is 4.19. The Morgan fingerprint density at radius 3 is 2.80 bits per heavy atom. The van der Waals surface area contributed by atoms with Crippen LogP contribution in [0.2, 0.25) is 0 Å². The van der Waals surface area contributed by atoms with E-state index in [-0.39, 0.29) is 6.04 Å². The molecule has 0 saturated heterocycles. The number of benzene rings is 1. The van der Waals surface area contributed by atoms with Crippen LogP contribution >= 0.6 is 0 Å². The van der Waals surface area contributed by atoms with Crippen LogP contribution in [0.25, 0.3) is 11.3 Å². The number of aromatic nitrogens is 2. The summed E-state index contributed by atoms with van der Waals surface area (Å²) in [4.78, 5) is 4.29. The van der Waals surface area contributed by atoms with E-state index < -0.39 is 5.60 Å². The van der Waals surface area contributed by atoms with Crippen LogP contribution in [0.3, 0.4) is 0 Å². The third kappa shape index (κ3) is 1.59. The highest BCUT2D eigenvalue weighted by molar-refractivity contribution is 5.69. The molecule has 1 aliphatic heterocycles. The third-order valence-corrected chi connectivity index (χ3v) is 5.12. The smallest absolute Gasteiger partial charge is 0.0957 e. The van der Waals surface area contributed by atoms with Gasteiger partial charge in [0.2, 0.25) is 0 Å². The standard InChI is InChI=1S/C17H20N2O/c1-12-6-8-17(20,9-7-12)16-14-5-3-2-4-13(14)15-10-18-11-19(15)16/h2-5,10-12,16,20H,6-9H2,1H3/t12?,16-,17?/m0/s1. The van der Waals surface area contributed by atoms with E-state index in [0.29, 0.717) is 0 Å². The molecule has 104 valence electrons. The molecule has 20 heavy (non-hydrogen) atoms. The molecule has 1 N–H and O–H groups in total. The van der Waals surface area contributed by atoms with Crippen molar-refractivity contribution in [2.45, 2.75) is 44.2 Å². The average Bonchev–Trinajstić information content (AvgIpc) is 3.02. The fraction of sp³-hybridized carbons (Fsp3) is 0.471. The van der Waals surface area contributed by atoms with Crippen molar-refractivity contribution in [2.75, 3.05) is 0 Å². The van der Waals surface area contributed by atoms with E-state index in [4.69, 9.17) is 0 Å². The summed E-state index contributed by atoms with van der Waals surface area (Å²) in [5.41, 5.74) is 2.98. The number of hydrogen-bond acceptors (Lipinski definition) is 2. The van der Waals surface area contributed by atoms with Crippen molar-refractivity contribution < 1.29 is 5.11 Å². The number of rotatable bonds is 1. The minimum atomic E-state index is -0.630. The topological polar surface area (TPSA) is 38.1 Å². The lowest BCUT2D eigenvalue weighted by Crippen LogP contribution is -2.41. The number of imidazole rings is 1. The van der Waals surface area contributed by atoms with Crippen LogP contribution in [0.4, 0.5) is 0 Å². The molecule has 3 heteroatoms. The maximum Gasteiger partial charge on any atom is 0.0957 e. The monoisotopic (exact) mass is 268 g/mol. The summed E-state index contributed by atoms with van der Waals surface area (Å²) in [5.74, 6) is 0.731. The van der Waals surface area contributed by atoms with Crippen LogP contribution in [0.15, 0.2) is 36.8 Å². The maximum absolute atomic E-state index is 11.3. The molecule has 3 nitrogen and oxygen atoms in total. The molecule has 2 aromatic rings. The van der Waals surface area contributed by atoms with Gasteiger partial charge in [0.1, 0.15) is 0 Å². The quantitative estimate of drug-likeness (QED) is 0.861. The van der Waals surface area contributed by atoms with Gasteiger partial charge in [-0.15, -0.1) is 0 Å². The molecule has 1 aromatic carbocycles. The number of hydrogen-bond donors (Lipinski definition) is 1. The second-order valence-corrected chi connectivity index (χ2v) is 6.46. The third-order valence-electron chi connectivity index (χ3n) is 5.12. The van der Waals surface area contributed by atoms with Crippen molar-refractivity contribution in [1.29, 1.82) is 0 Å². The Hall–Kier alpha value is -1.61. The van der Waals surface area contributed by atoms with Crippen LogP contribution in [0, 0.1) is 5.92 Å². The summed E-state index contributed by atoms with van der Waals surface area (Å²) in [7, 11) is 0. The van der Waals surface area contributed by atoms with Gasteiger partial charge >= 0.3 is 0 Å². The highest BCUT2D eigenvalue weighted by atomic mass is 16.3. The van der Waals surface area contributed by atoms with Crippen molar-refractivity contribution in [3.05, 3.63) is 42.4 Å². The predicted molar refractivity (Wildman–Crippen MR) is 78.4 cm³/mol.